The van der Waals surface area contributed by atoms with E-state index in [4.69, 9.17) is 11.6 Å². The average Bonchev–Trinajstić information content (AvgIpc) is 3.07. The van der Waals surface area contributed by atoms with Crippen LogP contribution < -0.4 is 0 Å². The average molecular weight is 342 g/mol. The molecule has 2 atom stereocenters. The predicted octanol–water partition coefficient (Wildman–Crippen LogP) is 1.57. The third kappa shape index (κ3) is 2.65. The highest BCUT2D eigenvalue weighted by molar-refractivity contribution is 7.89. The van der Waals surface area contributed by atoms with Gasteiger partial charge in [0.2, 0.25) is 10.0 Å². The SMILES string of the molecule is Cn1cc(S(=O)(=O)N2CC[C@@H](O)[C@H]2c2ccc(Cl)cc2)cn1. The summed E-state index contributed by atoms with van der Waals surface area (Å²) in [5, 5.41) is 14.7. The van der Waals surface area contributed by atoms with Gasteiger partial charge in [0.05, 0.1) is 18.3 Å². The lowest BCUT2D eigenvalue weighted by Gasteiger charge is -2.25. The minimum atomic E-state index is -3.70. The van der Waals surface area contributed by atoms with Crippen LogP contribution in [0, 0.1) is 0 Å². The third-order valence-corrected chi connectivity index (χ3v) is 5.90. The molecule has 2 aromatic rings. The van der Waals surface area contributed by atoms with Crippen LogP contribution in [-0.2, 0) is 17.1 Å². The molecule has 1 aromatic heterocycles. The first-order valence-electron chi connectivity index (χ1n) is 6.83. The Balaban J connectivity index is 2.00. The number of benzene rings is 1. The molecule has 0 amide bonds. The molecule has 6 nitrogen and oxygen atoms in total. The summed E-state index contributed by atoms with van der Waals surface area (Å²) in [6, 6.07) is 6.26. The van der Waals surface area contributed by atoms with Gasteiger partial charge in [-0.2, -0.15) is 9.40 Å². The zero-order valence-corrected chi connectivity index (χ0v) is 13.5. The Bertz CT molecular complexity index is 773. The Morgan fingerprint density at radius 1 is 1.32 bits per heavy atom. The molecule has 1 N–H and O–H groups in total. The van der Waals surface area contributed by atoms with Crippen molar-refractivity contribution in [1.29, 1.82) is 0 Å². The maximum absolute atomic E-state index is 12.8. The van der Waals surface area contributed by atoms with E-state index >= 15 is 0 Å². The third-order valence-electron chi connectivity index (χ3n) is 3.82. The van der Waals surface area contributed by atoms with Crippen LogP contribution in [0.3, 0.4) is 0 Å². The highest BCUT2D eigenvalue weighted by Gasteiger charge is 2.42. The molecule has 0 spiro atoms. The number of hydrogen-bond acceptors (Lipinski definition) is 4. The highest BCUT2D eigenvalue weighted by atomic mass is 35.5. The fourth-order valence-electron chi connectivity index (χ4n) is 2.73. The van der Waals surface area contributed by atoms with Crippen molar-refractivity contribution in [3.63, 3.8) is 0 Å². The molecular weight excluding hydrogens is 326 g/mol. The number of nitrogens with zero attached hydrogens (tertiary/aromatic N) is 3. The van der Waals surface area contributed by atoms with Crippen LogP contribution in [0.2, 0.25) is 5.02 Å². The van der Waals surface area contributed by atoms with Crippen LogP contribution in [-0.4, -0.2) is 40.3 Å². The molecule has 1 aliphatic heterocycles. The number of aryl methyl sites for hydroxylation is 1. The van der Waals surface area contributed by atoms with E-state index in [1.165, 1.54) is 21.4 Å². The zero-order valence-electron chi connectivity index (χ0n) is 11.9. The van der Waals surface area contributed by atoms with E-state index in [-0.39, 0.29) is 11.4 Å². The van der Waals surface area contributed by atoms with Gasteiger partial charge in [0.25, 0.3) is 0 Å². The molecule has 0 aliphatic carbocycles. The molecule has 1 saturated heterocycles. The first-order valence-corrected chi connectivity index (χ1v) is 8.65. The van der Waals surface area contributed by atoms with Crippen molar-refractivity contribution in [2.75, 3.05) is 6.54 Å². The summed E-state index contributed by atoms with van der Waals surface area (Å²) in [5.74, 6) is 0. The van der Waals surface area contributed by atoms with Crippen molar-refractivity contribution in [3.8, 4) is 0 Å². The maximum atomic E-state index is 12.8. The van der Waals surface area contributed by atoms with Crippen LogP contribution in [0.15, 0.2) is 41.6 Å². The van der Waals surface area contributed by atoms with Crippen molar-refractivity contribution in [1.82, 2.24) is 14.1 Å². The number of hydrogen-bond donors (Lipinski definition) is 1. The standard InChI is InChI=1S/C14H16ClN3O3S/c1-17-9-12(8-16-17)22(20,21)18-7-6-13(19)14(18)10-2-4-11(15)5-3-10/h2-5,8-9,13-14,19H,6-7H2,1H3/t13-,14-/m1/s1. The van der Waals surface area contributed by atoms with Gasteiger partial charge in [-0.25, -0.2) is 8.42 Å². The molecule has 0 bridgehead atoms. The molecule has 1 aliphatic rings. The van der Waals surface area contributed by atoms with Crippen molar-refractivity contribution in [2.24, 2.45) is 7.05 Å². The summed E-state index contributed by atoms with van der Waals surface area (Å²) in [7, 11) is -2.04. The Kier molecular flexibility index (Phi) is 3.98. The maximum Gasteiger partial charge on any atom is 0.246 e. The second-order valence-corrected chi connectivity index (χ2v) is 7.64. The van der Waals surface area contributed by atoms with E-state index in [2.05, 4.69) is 5.10 Å². The summed E-state index contributed by atoms with van der Waals surface area (Å²) in [5.41, 5.74) is 0.724. The second-order valence-electron chi connectivity index (χ2n) is 5.32. The Labute approximate surface area is 134 Å². The summed E-state index contributed by atoms with van der Waals surface area (Å²) >= 11 is 5.87. The van der Waals surface area contributed by atoms with Gasteiger partial charge in [0.1, 0.15) is 4.90 Å². The summed E-state index contributed by atoms with van der Waals surface area (Å²) in [6.45, 7) is 0.270. The van der Waals surface area contributed by atoms with Crippen molar-refractivity contribution in [2.45, 2.75) is 23.5 Å². The first-order chi connectivity index (χ1) is 10.4. The van der Waals surface area contributed by atoms with Crippen molar-refractivity contribution in [3.05, 3.63) is 47.2 Å². The van der Waals surface area contributed by atoms with Crippen LogP contribution in [0.5, 0.6) is 0 Å². The fraction of sp³-hybridized carbons (Fsp3) is 0.357. The lowest BCUT2D eigenvalue weighted by atomic mass is 10.0. The number of halogens is 1. The molecule has 118 valence electrons. The quantitative estimate of drug-likeness (QED) is 0.919. The summed E-state index contributed by atoms with van der Waals surface area (Å²) in [4.78, 5) is 0.128. The molecule has 0 saturated carbocycles. The number of aliphatic hydroxyl groups excluding tert-OH is 1. The topological polar surface area (TPSA) is 75.4 Å². The zero-order chi connectivity index (χ0) is 15.9. The first kappa shape index (κ1) is 15.5. The smallest absolute Gasteiger partial charge is 0.246 e. The monoisotopic (exact) mass is 341 g/mol. The largest absolute Gasteiger partial charge is 0.391 e. The predicted molar refractivity (Wildman–Crippen MR) is 81.9 cm³/mol. The van der Waals surface area contributed by atoms with E-state index in [1.807, 2.05) is 0 Å². The molecule has 1 fully saturated rings. The Hall–Kier alpha value is -1.41. The Morgan fingerprint density at radius 3 is 2.59 bits per heavy atom. The van der Waals surface area contributed by atoms with Gasteiger partial charge < -0.3 is 5.11 Å². The van der Waals surface area contributed by atoms with E-state index < -0.39 is 22.2 Å². The van der Waals surface area contributed by atoms with E-state index in [0.717, 1.165) is 5.56 Å². The van der Waals surface area contributed by atoms with Gasteiger partial charge in [-0.3, -0.25) is 4.68 Å². The molecule has 0 unspecified atom stereocenters. The molecule has 3 rings (SSSR count). The minimum absolute atomic E-state index is 0.128. The molecule has 8 heteroatoms. The van der Waals surface area contributed by atoms with Gasteiger partial charge in [0, 0.05) is 24.8 Å². The van der Waals surface area contributed by atoms with Gasteiger partial charge in [-0.15, -0.1) is 0 Å². The molecule has 22 heavy (non-hydrogen) atoms. The highest BCUT2D eigenvalue weighted by Crippen LogP contribution is 2.37. The number of rotatable bonds is 3. The van der Waals surface area contributed by atoms with Gasteiger partial charge in [-0.05, 0) is 24.1 Å². The molecule has 2 heterocycles. The van der Waals surface area contributed by atoms with Crippen LogP contribution >= 0.6 is 11.6 Å². The Morgan fingerprint density at radius 2 is 2.00 bits per heavy atom. The lowest BCUT2D eigenvalue weighted by molar-refractivity contribution is 0.143. The lowest BCUT2D eigenvalue weighted by Crippen LogP contribution is -2.33. The number of aromatic nitrogens is 2. The molecule has 0 radical (unpaired) electrons. The van der Waals surface area contributed by atoms with Gasteiger partial charge in [0.15, 0.2) is 0 Å². The van der Waals surface area contributed by atoms with Crippen molar-refractivity contribution < 1.29 is 13.5 Å². The van der Waals surface area contributed by atoms with Crippen molar-refractivity contribution >= 4 is 21.6 Å². The summed E-state index contributed by atoms with van der Waals surface area (Å²) in [6.07, 6.45) is 2.43. The second kappa shape index (κ2) is 5.66. The normalized spacial score (nSPS) is 23.0. The van der Waals surface area contributed by atoms with E-state index in [9.17, 15) is 13.5 Å². The number of aliphatic hydroxyl groups is 1. The molecular formula is C14H16ClN3O3S. The fourth-order valence-corrected chi connectivity index (χ4v) is 4.50. The minimum Gasteiger partial charge on any atom is -0.391 e. The van der Waals surface area contributed by atoms with Gasteiger partial charge >= 0.3 is 0 Å². The van der Waals surface area contributed by atoms with Crippen LogP contribution in [0.1, 0.15) is 18.0 Å². The van der Waals surface area contributed by atoms with E-state index in [0.29, 0.717) is 11.4 Å². The molecule has 1 aromatic carbocycles. The van der Waals surface area contributed by atoms with Gasteiger partial charge in [-0.1, -0.05) is 23.7 Å². The summed E-state index contributed by atoms with van der Waals surface area (Å²) < 4.78 is 28.3. The van der Waals surface area contributed by atoms with Crippen LogP contribution in [0.25, 0.3) is 0 Å². The van der Waals surface area contributed by atoms with E-state index in [1.54, 1.807) is 31.3 Å². The van der Waals surface area contributed by atoms with Crippen LogP contribution in [0.4, 0.5) is 0 Å². The number of sulfonamides is 1.